The van der Waals surface area contributed by atoms with Crippen molar-refractivity contribution in [2.24, 2.45) is 0 Å². The minimum atomic E-state index is -0.0752. The fourth-order valence-electron chi connectivity index (χ4n) is 2.14. The number of benzene rings is 1. The van der Waals surface area contributed by atoms with Gasteiger partial charge in [0.25, 0.3) is 0 Å². The lowest BCUT2D eigenvalue weighted by Gasteiger charge is -2.10. The van der Waals surface area contributed by atoms with Crippen molar-refractivity contribution in [3.63, 3.8) is 0 Å². The summed E-state index contributed by atoms with van der Waals surface area (Å²) in [5.41, 5.74) is 1.46. The zero-order chi connectivity index (χ0) is 17.5. The SMILES string of the molecule is CCCOc1cc(/C=C/C(=O)c2cnn(C(C)C)c2)ccc1OC. The minimum Gasteiger partial charge on any atom is -0.493 e. The Labute approximate surface area is 142 Å². The Morgan fingerprint density at radius 1 is 1.33 bits per heavy atom. The molecule has 5 nitrogen and oxygen atoms in total. The zero-order valence-electron chi connectivity index (χ0n) is 14.7. The highest BCUT2D eigenvalue weighted by molar-refractivity contribution is 6.06. The average Bonchev–Trinajstić information content (AvgIpc) is 3.08. The van der Waals surface area contributed by atoms with Crippen LogP contribution in [0.1, 0.15) is 49.2 Å². The predicted molar refractivity (Wildman–Crippen MR) is 94.8 cm³/mol. The number of rotatable bonds is 8. The summed E-state index contributed by atoms with van der Waals surface area (Å²) < 4.78 is 12.7. The van der Waals surface area contributed by atoms with Crippen LogP contribution >= 0.6 is 0 Å². The largest absolute Gasteiger partial charge is 0.493 e. The molecule has 0 N–H and O–H groups in total. The molecule has 1 heterocycles. The number of ether oxygens (including phenoxy) is 2. The molecule has 1 aromatic carbocycles. The fourth-order valence-corrected chi connectivity index (χ4v) is 2.14. The molecule has 0 spiro atoms. The second-order valence-corrected chi connectivity index (χ2v) is 5.76. The Morgan fingerprint density at radius 2 is 2.12 bits per heavy atom. The van der Waals surface area contributed by atoms with Gasteiger partial charge in [-0.2, -0.15) is 5.10 Å². The molecule has 0 radical (unpaired) electrons. The van der Waals surface area contributed by atoms with Crippen molar-refractivity contribution in [1.82, 2.24) is 9.78 Å². The number of methoxy groups -OCH3 is 1. The van der Waals surface area contributed by atoms with E-state index >= 15 is 0 Å². The standard InChI is InChI=1S/C19H24N2O3/c1-5-10-24-19-11-15(7-9-18(19)23-4)6-8-17(22)16-12-20-21(13-16)14(2)3/h6-9,11-14H,5,10H2,1-4H3/b8-6+. The van der Waals surface area contributed by atoms with Crippen molar-refractivity contribution < 1.29 is 14.3 Å². The summed E-state index contributed by atoms with van der Waals surface area (Å²) >= 11 is 0. The van der Waals surface area contributed by atoms with Crippen molar-refractivity contribution in [1.29, 1.82) is 0 Å². The third-order valence-electron chi connectivity index (χ3n) is 3.49. The van der Waals surface area contributed by atoms with Gasteiger partial charge in [-0.05, 0) is 44.0 Å². The molecule has 5 heteroatoms. The molecule has 2 aromatic rings. The van der Waals surface area contributed by atoms with Gasteiger partial charge in [0.1, 0.15) is 0 Å². The molecule has 1 aromatic heterocycles. The summed E-state index contributed by atoms with van der Waals surface area (Å²) in [7, 11) is 1.61. The van der Waals surface area contributed by atoms with Gasteiger partial charge in [0.15, 0.2) is 17.3 Å². The molecule has 2 rings (SSSR count). The van der Waals surface area contributed by atoms with Crippen molar-refractivity contribution in [3.8, 4) is 11.5 Å². The summed E-state index contributed by atoms with van der Waals surface area (Å²) in [5.74, 6) is 1.29. The van der Waals surface area contributed by atoms with Gasteiger partial charge in [-0.1, -0.05) is 19.1 Å². The smallest absolute Gasteiger partial charge is 0.189 e. The maximum absolute atomic E-state index is 12.2. The molecule has 0 aliphatic heterocycles. The van der Waals surface area contributed by atoms with E-state index in [-0.39, 0.29) is 11.8 Å². The van der Waals surface area contributed by atoms with Crippen molar-refractivity contribution >= 4 is 11.9 Å². The average molecular weight is 328 g/mol. The summed E-state index contributed by atoms with van der Waals surface area (Å²) in [6.45, 7) is 6.71. The molecule has 0 unspecified atom stereocenters. The van der Waals surface area contributed by atoms with E-state index in [1.807, 2.05) is 39.0 Å². The molecule has 0 saturated heterocycles. The lowest BCUT2D eigenvalue weighted by atomic mass is 10.1. The number of nitrogens with zero attached hydrogens (tertiary/aromatic N) is 2. The first-order valence-electron chi connectivity index (χ1n) is 8.12. The Hall–Kier alpha value is -2.56. The maximum atomic E-state index is 12.2. The van der Waals surface area contributed by atoms with E-state index in [0.29, 0.717) is 23.7 Å². The highest BCUT2D eigenvalue weighted by Crippen LogP contribution is 2.28. The van der Waals surface area contributed by atoms with Crippen molar-refractivity contribution in [2.75, 3.05) is 13.7 Å². The summed E-state index contributed by atoms with van der Waals surface area (Å²) in [6.07, 6.45) is 7.60. The Morgan fingerprint density at radius 3 is 2.75 bits per heavy atom. The molecular formula is C19H24N2O3. The molecule has 0 atom stereocenters. The third-order valence-corrected chi connectivity index (χ3v) is 3.49. The Bertz CT molecular complexity index is 717. The first-order valence-corrected chi connectivity index (χ1v) is 8.12. The molecule has 24 heavy (non-hydrogen) atoms. The van der Waals surface area contributed by atoms with Gasteiger partial charge < -0.3 is 9.47 Å². The third kappa shape index (κ3) is 4.47. The van der Waals surface area contributed by atoms with Gasteiger partial charge >= 0.3 is 0 Å². The van der Waals surface area contributed by atoms with Gasteiger partial charge in [-0.3, -0.25) is 9.48 Å². The van der Waals surface area contributed by atoms with Gasteiger partial charge in [-0.15, -0.1) is 0 Å². The molecule has 0 bridgehead atoms. The first kappa shape index (κ1) is 17.8. The number of allylic oxidation sites excluding steroid dienone is 1. The van der Waals surface area contributed by atoms with Crippen LogP contribution in [0.5, 0.6) is 11.5 Å². The van der Waals surface area contributed by atoms with E-state index in [0.717, 1.165) is 12.0 Å². The van der Waals surface area contributed by atoms with E-state index in [9.17, 15) is 4.79 Å². The van der Waals surface area contributed by atoms with E-state index in [2.05, 4.69) is 5.10 Å². The van der Waals surface area contributed by atoms with Crippen LogP contribution < -0.4 is 9.47 Å². The highest BCUT2D eigenvalue weighted by atomic mass is 16.5. The molecule has 0 saturated carbocycles. The van der Waals surface area contributed by atoms with Crippen molar-refractivity contribution in [3.05, 3.63) is 47.8 Å². The van der Waals surface area contributed by atoms with Crippen LogP contribution in [0, 0.1) is 0 Å². The fraction of sp³-hybridized carbons (Fsp3) is 0.368. The number of hydrogen-bond donors (Lipinski definition) is 0. The monoisotopic (exact) mass is 328 g/mol. The van der Waals surface area contributed by atoms with Gasteiger partial charge in [-0.25, -0.2) is 0 Å². The summed E-state index contributed by atoms with van der Waals surface area (Å²) in [6, 6.07) is 5.83. The Balaban J connectivity index is 2.13. The summed E-state index contributed by atoms with van der Waals surface area (Å²) in [5, 5.41) is 4.19. The minimum absolute atomic E-state index is 0.0752. The van der Waals surface area contributed by atoms with Gasteiger partial charge in [0.05, 0.1) is 25.5 Å². The lowest BCUT2D eigenvalue weighted by molar-refractivity contribution is 0.104. The van der Waals surface area contributed by atoms with Crippen LogP contribution in [0.4, 0.5) is 0 Å². The lowest BCUT2D eigenvalue weighted by Crippen LogP contribution is -2.00. The normalized spacial score (nSPS) is 11.2. The molecular weight excluding hydrogens is 304 g/mol. The van der Waals surface area contributed by atoms with E-state index in [1.54, 1.807) is 36.3 Å². The number of carbonyl (C=O) groups excluding carboxylic acids is 1. The first-order chi connectivity index (χ1) is 11.5. The predicted octanol–water partition coefficient (Wildman–Crippen LogP) is 4.16. The van der Waals surface area contributed by atoms with Crippen LogP contribution in [-0.4, -0.2) is 29.3 Å². The van der Waals surface area contributed by atoms with E-state index < -0.39 is 0 Å². The molecule has 0 fully saturated rings. The molecule has 128 valence electrons. The van der Waals surface area contributed by atoms with Crippen LogP contribution in [-0.2, 0) is 0 Å². The van der Waals surface area contributed by atoms with Gasteiger partial charge in [0.2, 0.25) is 0 Å². The summed E-state index contributed by atoms with van der Waals surface area (Å²) in [4.78, 5) is 12.2. The number of aromatic nitrogens is 2. The van der Waals surface area contributed by atoms with E-state index in [4.69, 9.17) is 9.47 Å². The second kappa shape index (κ2) is 8.34. The second-order valence-electron chi connectivity index (χ2n) is 5.76. The highest BCUT2D eigenvalue weighted by Gasteiger charge is 2.08. The van der Waals surface area contributed by atoms with Crippen molar-refractivity contribution in [2.45, 2.75) is 33.2 Å². The number of carbonyl (C=O) groups is 1. The Kier molecular flexibility index (Phi) is 6.18. The van der Waals surface area contributed by atoms with Crippen LogP contribution in [0.25, 0.3) is 6.08 Å². The number of hydrogen-bond acceptors (Lipinski definition) is 4. The van der Waals surface area contributed by atoms with Crippen LogP contribution in [0.15, 0.2) is 36.7 Å². The number of ketones is 1. The van der Waals surface area contributed by atoms with Crippen LogP contribution in [0.3, 0.4) is 0 Å². The van der Waals surface area contributed by atoms with Crippen LogP contribution in [0.2, 0.25) is 0 Å². The quantitative estimate of drug-likeness (QED) is 0.539. The zero-order valence-corrected chi connectivity index (χ0v) is 14.7. The molecule has 0 amide bonds. The molecule has 0 aliphatic rings. The van der Waals surface area contributed by atoms with Gasteiger partial charge in [0, 0.05) is 12.2 Å². The maximum Gasteiger partial charge on any atom is 0.189 e. The van der Waals surface area contributed by atoms with E-state index in [1.165, 1.54) is 0 Å². The molecule has 0 aliphatic carbocycles. The topological polar surface area (TPSA) is 53.3 Å².